The van der Waals surface area contributed by atoms with Crippen molar-refractivity contribution in [3.8, 4) is 0 Å². The summed E-state index contributed by atoms with van der Waals surface area (Å²) < 4.78 is 42.5. The van der Waals surface area contributed by atoms with Crippen LogP contribution < -0.4 is 10.6 Å². The number of benzene rings is 1. The number of halogens is 3. The van der Waals surface area contributed by atoms with Crippen molar-refractivity contribution in [1.82, 2.24) is 20.1 Å². The molecule has 2 N–H and O–H groups in total. The molecule has 1 aliphatic heterocycles. The van der Waals surface area contributed by atoms with Crippen molar-refractivity contribution in [1.29, 1.82) is 0 Å². The van der Waals surface area contributed by atoms with E-state index in [4.69, 9.17) is 0 Å². The third-order valence-electron chi connectivity index (χ3n) is 5.92. The van der Waals surface area contributed by atoms with Crippen LogP contribution in [0.3, 0.4) is 0 Å². The predicted octanol–water partition coefficient (Wildman–Crippen LogP) is 4.67. The Morgan fingerprint density at radius 1 is 1.15 bits per heavy atom. The van der Waals surface area contributed by atoms with Crippen LogP contribution in [0.5, 0.6) is 0 Å². The largest absolute Gasteiger partial charge is 0.410 e. The average molecular weight is 458 g/mol. The zero-order chi connectivity index (χ0) is 23.6. The zero-order valence-electron chi connectivity index (χ0n) is 18.5. The first-order valence-electron chi connectivity index (χ1n) is 10.9. The lowest BCUT2D eigenvalue weighted by Gasteiger charge is -2.34. The van der Waals surface area contributed by atoms with Crippen LogP contribution in [0.15, 0.2) is 48.8 Å². The minimum absolute atomic E-state index is 0.0757. The summed E-state index contributed by atoms with van der Waals surface area (Å²) in [4.78, 5) is 16.7. The molecule has 33 heavy (non-hydrogen) atoms. The van der Waals surface area contributed by atoms with Gasteiger partial charge in [-0.1, -0.05) is 37.3 Å². The summed E-state index contributed by atoms with van der Waals surface area (Å²) in [6, 6.07) is 9.00. The molecule has 0 saturated carbocycles. The molecule has 0 unspecified atom stereocenters. The molecular formula is C24H26F3N5O. The Balaban J connectivity index is 1.53. The highest BCUT2D eigenvalue weighted by Crippen LogP contribution is 2.44. The Morgan fingerprint density at radius 3 is 2.52 bits per heavy atom. The van der Waals surface area contributed by atoms with E-state index < -0.39 is 18.3 Å². The number of pyridine rings is 1. The predicted molar refractivity (Wildman–Crippen MR) is 119 cm³/mol. The first kappa shape index (κ1) is 22.8. The average Bonchev–Trinajstić information content (AvgIpc) is 3.20. The van der Waals surface area contributed by atoms with Crippen LogP contribution in [-0.2, 0) is 24.2 Å². The van der Waals surface area contributed by atoms with Gasteiger partial charge >= 0.3 is 6.18 Å². The van der Waals surface area contributed by atoms with Gasteiger partial charge in [0, 0.05) is 30.4 Å². The number of aromatic nitrogens is 3. The van der Waals surface area contributed by atoms with E-state index in [9.17, 15) is 18.0 Å². The Kier molecular flexibility index (Phi) is 6.40. The van der Waals surface area contributed by atoms with Crippen molar-refractivity contribution in [2.45, 2.75) is 57.9 Å². The van der Waals surface area contributed by atoms with Crippen LogP contribution >= 0.6 is 0 Å². The summed E-state index contributed by atoms with van der Waals surface area (Å²) >= 11 is 0. The van der Waals surface area contributed by atoms with Gasteiger partial charge in [0.1, 0.15) is 5.82 Å². The molecule has 6 nitrogen and oxygen atoms in total. The highest BCUT2D eigenvalue weighted by atomic mass is 19.4. The summed E-state index contributed by atoms with van der Waals surface area (Å²) in [6.45, 7) is 4.19. The molecule has 1 aromatic carbocycles. The standard InChI is InChI=1S/C24H26F3N5O/c1-3-16-6-8-18(9-7-16)20-11-21(24(25,26)27)32-23(31-20)19(14-30-32)10-22(33)29-13-17-5-4-15(2)28-12-17/h4-9,12,14,20-21,31H,3,10-11,13H2,1-2H3,(H,29,33)/t20-,21+/m0/s1. The zero-order valence-corrected chi connectivity index (χ0v) is 18.5. The van der Waals surface area contributed by atoms with E-state index in [0.29, 0.717) is 12.1 Å². The Hall–Kier alpha value is -3.36. The lowest BCUT2D eigenvalue weighted by molar-refractivity contribution is -0.173. The van der Waals surface area contributed by atoms with E-state index in [0.717, 1.165) is 33.5 Å². The number of carbonyl (C=O) groups is 1. The fourth-order valence-corrected chi connectivity index (χ4v) is 3.99. The minimum atomic E-state index is -4.46. The number of carbonyl (C=O) groups excluding carboxylic acids is 1. The molecule has 0 fully saturated rings. The van der Waals surface area contributed by atoms with E-state index in [1.54, 1.807) is 6.20 Å². The number of hydrogen-bond donors (Lipinski definition) is 2. The van der Waals surface area contributed by atoms with Gasteiger partial charge in [0.2, 0.25) is 5.91 Å². The second-order valence-electron chi connectivity index (χ2n) is 8.31. The summed E-state index contributed by atoms with van der Waals surface area (Å²) in [5.41, 5.74) is 4.04. The molecule has 4 rings (SSSR count). The Labute approximate surface area is 190 Å². The SMILES string of the molecule is CCc1ccc([C@@H]2C[C@H](C(F)(F)F)n3ncc(CC(=O)NCc4ccc(C)nc4)c3N2)cc1. The van der Waals surface area contributed by atoms with Gasteiger partial charge in [-0.05, 0) is 36.1 Å². The van der Waals surface area contributed by atoms with Gasteiger partial charge in [0.05, 0.1) is 18.7 Å². The Bertz CT molecular complexity index is 1110. The van der Waals surface area contributed by atoms with Crippen molar-refractivity contribution in [3.05, 3.63) is 76.7 Å². The van der Waals surface area contributed by atoms with Crippen molar-refractivity contribution in [3.63, 3.8) is 0 Å². The monoisotopic (exact) mass is 457 g/mol. The number of nitrogens with one attached hydrogen (secondary N) is 2. The number of anilines is 1. The van der Waals surface area contributed by atoms with Crippen LogP contribution in [-0.4, -0.2) is 26.8 Å². The topological polar surface area (TPSA) is 71.8 Å². The van der Waals surface area contributed by atoms with Crippen LogP contribution in [0.1, 0.15) is 53.4 Å². The number of nitrogens with zero attached hydrogens (tertiary/aromatic N) is 3. The van der Waals surface area contributed by atoms with Crippen molar-refractivity contribution < 1.29 is 18.0 Å². The first-order valence-corrected chi connectivity index (χ1v) is 10.9. The molecule has 0 spiro atoms. The van der Waals surface area contributed by atoms with E-state index in [2.05, 4.69) is 20.7 Å². The van der Waals surface area contributed by atoms with Gasteiger partial charge in [0.25, 0.3) is 0 Å². The number of fused-ring (bicyclic) bond motifs is 1. The number of alkyl halides is 3. The van der Waals surface area contributed by atoms with Crippen molar-refractivity contribution in [2.24, 2.45) is 0 Å². The lowest BCUT2D eigenvalue weighted by atomic mass is 9.95. The van der Waals surface area contributed by atoms with Crippen molar-refractivity contribution >= 4 is 11.7 Å². The molecule has 3 heterocycles. The Morgan fingerprint density at radius 2 is 1.88 bits per heavy atom. The summed E-state index contributed by atoms with van der Waals surface area (Å²) in [6.07, 6.45) is -0.821. The maximum atomic E-state index is 13.9. The summed E-state index contributed by atoms with van der Waals surface area (Å²) in [5, 5.41) is 9.98. The number of rotatable bonds is 6. The van der Waals surface area contributed by atoms with E-state index in [-0.39, 0.29) is 24.6 Å². The van der Waals surface area contributed by atoms with Gasteiger partial charge < -0.3 is 10.6 Å². The molecule has 1 aliphatic rings. The number of hydrogen-bond acceptors (Lipinski definition) is 4. The second kappa shape index (κ2) is 9.25. The smallest absolute Gasteiger partial charge is 0.363 e. The van der Waals surface area contributed by atoms with Crippen molar-refractivity contribution in [2.75, 3.05) is 5.32 Å². The van der Waals surface area contributed by atoms with Gasteiger partial charge in [-0.15, -0.1) is 0 Å². The van der Waals surface area contributed by atoms with Crippen LogP contribution in [0.25, 0.3) is 0 Å². The minimum Gasteiger partial charge on any atom is -0.363 e. The molecule has 1 amide bonds. The third kappa shape index (κ3) is 5.18. The molecule has 2 aromatic heterocycles. The lowest BCUT2D eigenvalue weighted by Crippen LogP contribution is -2.36. The summed E-state index contributed by atoms with van der Waals surface area (Å²) in [5.74, 6) is -0.0635. The maximum Gasteiger partial charge on any atom is 0.410 e. The molecule has 0 aliphatic carbocycles. The van der Waals surface area contributed by atoms with Crippen LogP contribution in [0, 0.1) is 6.92 Å². The maximum absolute atomic E-state index is 13.9. The van der Waals surface area contributed by atoms with E-state index >= 15 is 0 Å². The summed E-state index contributed by atoms with van der Waals surface area (Å²) in [7, 11) is 0. The first-order chi connectivity index (χ1) is 15.7. The van der Waals surface area contributed by atoms with E-state index in [1.807, 2.05) is 50.2 Å². The molecule has 2 atom stereocenters. The molecule has 0 saturated heterocycles. The number of aryl methyl sites for hydroxylation is 2. The molecular weight excluding hydrogens is 431 g/mol. The van der Waals surface area contributed by atoms with Gasteiger partial charge in [-0.25, -0.2) is 4.68 Å². The normalized spacial score (nSPS) is 17.8. The van der Waals surface area contributed by atoms with Crippen LogP contribution in [0.2, 0.25) is 0 Å². The van der Waals surface area contributed by atoms with Gasteiger partial charge in [0.15, 0.2) is 6.04 Å². The number of amides is 1. The highest BCUT2D eigenvalue weighted by Gasteiger charge is 2.46. The molecule has 9 heteroatoms. The quantitative estimate of drug-likeness (QED) is 0.565. The van der Waals surface area contributed by atoms with Gasteiger partial charge in [-0.3, -0.25) is 9.78 Å². The second-order valence-corrected chi connectivity index (χ2v) is 8.31. The van der Waals surface area contributed by atoms with Crippen LogP contribution in [0.4, 0.5) is 19.0 Å². The molecule has 174 valence electrons. The third-order valence-corrected chi connectivity index (χ3v) is 5.92. The molecule has 0 bridgehead atoms. The highest BCUT2D eigenvalue weighted by molar-refractivity contribution is 5.80. The van der Waals surface area contributed by atoms with Gasteiger partial charge in [-0.2, -0.15) is 18.3 Å². The fraction of sp³-hybridized carbons (Fsp3) is 0.375. The van der Waals surface area contributed by atoms with E-state index in [1.165, 1.54) is 6.20 Å². The molecule has 0 radical (unpaired) electrons. The molecule has 3 aromatic rings. The fourth-order valence-electron chi connectivity index (χ4n) is 3.99.